The molecule has 0 fully saturated rings. The molecule has 40 valence electrons. The Morgan fingerprint density at radius 1 is 1.43 bits per heavy atom. The van der Waals surface area contributed by atoms with E-state index >= 15 is 0 Å². The van der Waals surface area contributed by atoms with Crippen LogP contribution in [0.25, 0.3) is 0 Å². The first-order valence-electron chi connectivity index (χ1n) is 0.924. The Labute approximate surface area is 56.0 Å². The van der Waals surface area contributed by atoms with Gasteiger partial charge in [0.1, 0.15) is 0 Å². The minimum Gasteiger partial charge on any atom is -0.358 e. The fourth-order valence-corrected chi connectivity index (χ4v) is 0. The molecule has 0 amide bonds. The second kappa shape index (κ2) is 4.66. The van der Waals surface area contributed by atoms with Crippen molar-refractivity contribution in [3.8, 4) is 0 Å². The van der Waals surface area contributed by atoms with Crippen molar-refractivity contribution in [3.05, 3.63) is 7.43 Å². The summed E-state index contributed by atoms with van der Waals surface area (Å²) in [5, 5.41) is 0. The summed E-state index contributed by atoms with van der Waals surface area (Å²) in [5.74, 6) is 0. The van der Waals surface area contributed by atoms with E-state index in [0.717, 1.165) is 0 Å². The van der Waals surface area contributed by atoms with E-state index in [1.807, 2.05) is 0 Å². The molecular weight excluding hydrogens is 111 g/mol. The molecule has 7 heavy (non-hydrogen) atoms. The molecule has 0 unspecified atom stereocenters. The van der Waals surface area contributed by atoms with Crippen LogP contribution in [0, 0.1) is 7.43 Å². The molecule has 0 aliphatic heterocycles. The summed E-state index contributed by atoms with van der Waals surface area (Å²) in [6, 6.07) is 0. The van der Waals surface area contributed by atoms with Crippen LogP contribution >= 0.6 is 0 Å². The van der Waals surface area contributed by atoms with Crippen LogP contribution in [0.3, 0.4) is 0 Å². The van der Waals surface area contributed by atoms with Crippen molar-refractivity contribution in [1.29, 1.82) is 0 Å². The maximum atomic E-state index is 9.19. The first kappa shape index (κ1) is 15.6. The predicted octanol–water partition coefficient (Wildman–Crippen LogP) is -3.04. The van der Waals surface area contributed by atoms with Gasteiger partial charge in [-0.1, -0.05) is 0 Å². The molecule has 0 aromatic heterocycles. The fraction of sp³-hybridized carbons (Fsp3) is 0.500. The Morgan fingerprint density at radius 2 is 1.43 bits per heavy atom. The minimum atomic E-state index is -3.67. The van der Waals surface area contributed by atoms with Crippen molar-refractivity contribution in [3.63, 3.8) is 0 Å². The van der Waals surface area contributed by atoms with Crippen LogP contribution < -0.4 is 18.9 Å². The van der Waals surface area contributed by atoms with Crippen LogP contribution in [0.1, 0.15) is 0 Å². The summed E-state index contributed by atoms with van der Waals surface area (Å²) < 4.78 is 25.9. The third-order valence-corrected chi connectivity index (χ3v) is 0. The van der Waals surface area contributed by atoms with E-state index in [-0.39, 0.29) is 26.3 Å². The molecule has 0 heterocycles. The van der Waals surface area contributed by atoms with Gasteiger partial charge in [-0.3, -0.25) is 4.55 Å². The Bertz CT molecular complexity index is 96.1. The molecule has 0 rings (SSSR count). The van der Waals surface area contributed by atoms with Crippen LogP contribution in [0.15, 0.2) is 0 Å². The zero-order valence-corrected chi connectivity index (χ0v) is 5.49. The second-order valence-electron chi connectivity index (χ2n) is 0.733. The molecule has 0 bridgehead atoms. The van der Waals surface area contributed by atoms with Crippen LogP contribution in [0.2, 0.25) is 0 Å². The third kappa shape index (κ3) is 514. The average molecular weight is 118 g/mol. The predicted molar refractivity (Wildman–Crippen MR) is 23.9 cm³/mol. The molecule has 3 nitrogen and oxygen atoms in total. The Hall–Kier alpha value is 0.507. The topological polar surface area (TPSA) is 54.4 Å². The second-order valence-corrected chi connectivity index (χ2v) is 2.20. The largest absolute Gasteiger partial charge is 1.00 e. The van der Waals surface area contributed by atoms with E-state index in [0.29, 0.717) is 6.26 Å². The normalized spacial score (nSPS) is 8.29. The van der Waals surface area contributed by atoms with Gasteiger partial charge in [0.2, 0.25) is 0 Å². The summed E-state index contributed by atoms with van der Waals surface area (Å²) in [4.78, 5) is 0. The molecule has 0 aliphatic carbocycles. The summed E-state index contributed by atoms with van der Waals surface area (Å²) in [7, 11) is -3.67. The van der Waals surface area contributed by atoms with E-state index in [9.17, 15) is 8.42 Å². The van der Waals surface area contributed by atoms with E-state index in [1.54, 1.807) is 0 Å². The standard InChI is InChI=1S/CH4O3S.CH3.Li/c1-5(2,3)4;;/h1H3,(H,2,3,4);1H3;/q;-1;+1. The van der Waals surface area contributed by atoms with Gasteiger partial charge in [-0.15, -0.1) is 0 Å². The Balaban J connectivity index is -0.0000000800. The van der Waals surface area contributed by atoms with E-state index < -0.39 is 10.1 Å². The summed E-state index contributed by atoms with van der Waals surface area (Å²) in [6.45, 7) is 0. The quantitative estimate of drug-likeness (QED) is 0.209. The molecule has 0 saturated carbocycles. The van der Waals surface area contributed by atoms with E-state index in [4.69, 9.17) is 4.55 Å². The van der Waals surface area contributed by atoms with E-state index in [2.05, 4.69) is 0 Å². The molecule has 0 aromatic carbocycles. The van der Waals surface area contributed by atoms with Gasteiger partial charge in [-0.25, -0.2) is 0 Å². The average Bonchev–Trinajstić information content (AvgIpc) is 0.722. The molecular formula is C2H7LiO3S. The molecule has 1 N–H and O–H groups in total. The van der Waals surface area contributed by atoms with Crippen molar-refractivity contribution in [1.82, 2.24) is 0 Å². The zero-order chi connectivity index (χ0) is 4.50. The van der Waals surface area contributed by atoms with Crippen molar-refractivity contribution >= 4 is 10.1 Å². The van der Waals surface area contributed by atoms with Gasteiger partial charge in [0, 0.05) is 0 Å². The first-order valence-corrected chi connectivity index (χ1v) is 2.77. The van der Waals surface area contributed by atoms with Crippen LogP contribution in [-0.2, 0) is 10.1 Å². The Morgan fingerprint density at radius 3 is 1.43 bits per heavy atom. The first-order chi connectivity index (χ1) is 2.00. The van der Waals surface area contributed by atoms with Crippen LogP contribution in [0.4, 0.5) is 0 Å². The maximum absolute atomic E-state index is 9.19. The van der Waals surface area contributed by atoms with Gasteiger partial charge in [-0.2, -0.15) is 8.42 Å². The molecule has 0 aromatic rings. The van der Waals surface area contributed by atoms with Crippen molar-refractivity contribution in [2.45, 2.75) is 0 Å². The monoisotopic (exact) mass is 118 g/mol. The summed E-state index contributed by atoms with van der Waals surface area (Å²) in [6.07, 6.45) is 0.715. The Kier molecular flexibility index (Phi) is 10.4. The minimum absolute atomic E-state index is 0. The molecule has 0 aliphatic rings. The van der Waals surface area contributed by atoms with Gasteiger partial charge in [0.25, 0.3) is 10.1 Å². The number of rotatable bonds is 0. The number of hydrogen-bond donors (Lipinski definition) is 1. The molecule has 0 saturated heterocycles. The molecule has 0 spiro atoms. The third-order valence-electron chi connectivity index (χ3n) is 0. The van der Waals surface area contributed by atoms with E-state index in [1.165, 1.54) is 0 Å². The van der Waals surface area contributed by atoms with Crippen LogP contribution in [0.5, 0.6) is 0 Å². The van der Waals surface area contributed by atoms with Gasteiger partial charge in [-0.05, 0) is 0 Å². The summed E-state index contributed by atoms with van der Waals surface area (Å²) in [5.41, 5.74) is 0. The molecule has 0 atom stereocenters. The van der Waals surface area contributed by atoms with Gasteiger partial charge >= 0.3 is 18.9 Å². The zero-order valence-electron chi connectivity index (χ0n) is 4.67. The van der Waals surface area contributed by atoms with Gasteiger partial charge in [0.15, 0.2) is 0 Å². The van der Waals surface area contributed by atoms with Gasteiger partial charge in [0.05, 0.1) is 6.26 Å². The molecule has 0 radical (unpaired) electrons. The van der Waals surface area contributed by atoms with Gasteiger partial charge < -0.3 is 7.43 Å². The summed E-state index contributed by atoms with van der Waals surface area (Å²) >= 11 is 0. The fourth-order valence-electron chi connectivity index (χ4n) is 0. The van der Waals surface area contributed by atoms with Crippen molar-refractivity contribution in [2.24, 2.45) is 0 Å². The van der Waals surface area contributed by atoms with Crippen LogP contribution in [-0.4, -0.2) is 19.2 Å². The molecule has 5 heteroatoms. The van der Waals surface area contributed by atoms with Crippen molar-refractivity contribution < 1.29 is 31.8 Å². The number of hydrogen-bond acceptors (Lipinski definition) is 2. The smallest absolute Gasteiger partial charge is 0.358 e. The maximum Gasteiger partial charge on any atom is 1.00 e. The SMILES string of the molecule is CS(=O)(=O)O.[CH3-].[Li+]. The van der Waals surface area contributed by atoms with Crippen molar-refractivity contribution in [2.75, 3.05) is 6.26 Å².